The Morgan fingerprint density at radius 3 is 2.95 bits per heavy atom. The van der Waals surface area contributed by atoms with Crippen molar-refractivity contribution in [2.75, 3.05) is 11.9 Å². The zero-order valence-corrected chi connectivity index (χ0v) is 20.9. The maximum Gasteiger partial charge on any atom is 0.224 e. The van der Waals surface area contributed by atoms with E-state index in [0.717, 1.165) is 65.2 Å². The van der Waals surface area contributed by atoms with E-state index in [1.165, 1.54) is 0 Å². The van der Waals surface area contributed by atoms with Crippen LogP contribution in [0.4, 0.5) is 5.69 Å². The van der Waals surface area contributed by atoms with Crippen LogP contribution in [0.1, 0.15) is 56.1 Å². The van der Waals surface area contributed by atoms with Crippen LogP contribution in [0.5, 0.6) is 0 Å². The number of carbonyl (C=O) groups is 1. The lowest BCUT2D eigenvalue weighted by Gasteiger charge is -2.34. The van der Waals surface area contributed by atoms with Gasteiger partial charge in [-0.05, 0) is 42.7 Å². The number of unbranched alkanes of at least 4 members (excludes halogenated alkanes) is 1. The molecule has 0 aliphatic carbocycles. The van der Waals surface area contributed by atoms with Crippen LogP contribution in [0.2, 0.25) is 0 Å². The highest BCUT2D eigenvalue weighted by molar-refractivity contribution is 5.91. The standard InChI is InChI=1S/C28H32N8O/c1-2-3-10-25(37)32-18-12-17(14-29-15-18)23-13-20-24(16-31-23)35-36-27(20)28-33-22-9-6-7-19(26(22)34-28)21-8-4-5-11-30-21/h4-9,11-12,14-15,20,23-24,27,31,35-36H,2-3,10,13,16H2,1H3,(H,32,37)(H,33,34). The zero-order valence-electron chi connectivity index (χ0n) is 20.9. The third-order valence-corrected chi connectivity index (χ3v) is 7.43. The minimum Gasteiger partial charge on any atom is -0.341 e. The number of aromatic amines is 1. The molecule has 5 N–H and O–H groups in total. The molecule has 6 rings (SSSR count). The molecule has 4 aromatic rings. The van der Waals surface area contributed by atoms with Gasteiger partial charge in [0.2, 0.25) is 5.91 Å². The molecule has 1 aromatic carbocycles. The molecule has 2 saturated heterocycles. The Morgan fingerprint density at radius 2 is 2.08 bits per heavy atom. The Hall–Kier alpha value is -3.66. The van der Waals surface area contributed by atoms with E-state index in [9.17, 15) is 4.79 Å². The van der Waals surface area contributed by atoms with Gasteiger partial charge in [-0.1, -0.05) is 31.5 Å². The summed E-state index contributed by atoms with van der Waals surface area (Å²) in [5.74, 6) is 1.29. The molecule has 1 amide bonds. The van der Waals surface area contributed by atoms with Gasteiger partial charge >= 0.3 is 0 Å². The Kier molecular flexibility index (Phi) is 6.65. The molecule has 0 radical (unpaired) electrons. The van der Waals surface area contributed by atoms with Crippen molar-refractivity contribution in [3.63, 3.8) is 0 Å². The molecular weight excluding hydrogens is 464 g/mol. The summed E-state index contributed by atoms with van der Waals surface area (Å²) in [4.78, 5) is 29.8. The number of rotatable bonds is 7. The Labute approximate surface area is 215 Å². The van der Waals surface area contributed by atoms with Gasteiger partial charge in [-0.2, -0.15) is 0 Å². The fourth-order valence-electron chi connectivity index (χ4n) is 5.50. The Balaban J connectivity index is 1.22. The first kappa shape index (κ1) is 23.7. The summed E-state index contributed by atoms with van der Waals surface area (Å²) >= 11 is 0. The van der Waals surface area contributed by atoms with E-state index in [-0.39, 0.29) is 24.0 Å². The van der Waals surface area contributed by atoms with Gasteiger partial charge in [-0.15, -0.1) is 0 Å². The molecule has 9 heteroatoms. The number of fused-ring (bicyclic) bond motifs is 2. The van der Waals surface area contributed by atoms with Crippen LogP contribution >= 0.6 is 0 Å². The van der Waals surface area contributed by atoms with E-state index in [1.54, 1.807) is 6.20 Å². The fraction of sp³-hybridized carbons (Fsp3) is 0.357. The van der Waals surface area contributed by atoms with Crippen LogP contribution in [0.15, 0.2) is 61.1 Å². The SMILES string of the molecule is CCCCC(=O)Nc1cncc(C2CC3C(CN2)NNC3c2nc3c(-c4ccccn4)cccc3[nH]2)c1. The van der Waals surface area contributed by atoms with Crippen molar-refractivity contribution in [3.05, 3.63) is 72.4 Å². The van der Waals surface area contributed by atoms with Crippen LogP contribution in [0, 0.1) is 5.92 Å². The van der Waals surface area contributed by atoms with Gasteiger partial charge in [-0.25, -0.2) is 10.4 Å². The monoisotopic (exact) mass is 496 g/mol. The first-order valence-corrected chi connectivity index (χ1v) is 13.1. The van der Waals surface area contributed by atoms with Gasteiger partial charge < -0.3 is 15.6 Å². The number of hydrogen-bond acceptors (Lipinski definition) is 7. The molecule has 190 valence electrons. The van der Waals surface area contributed by atoms with E-state index in [1.807, 2.05) is 42.7 Å². The molecule has 4 atom stereocenters. The van der Waals surface area contributed by atoms with E-state index in [4.69, 9.17) is 4.98 Å². The molecule has 2 aliphatic heterocycles. The first-order chi connectivity index (χ1) is 18.2. The van der Waals surface area contributed by atoms with Crippen LogP contribution in [-0.2, 0) is 4.79 Å². The second-order valence-electron chi connectivity index (χ2n) is 9.93. The number of anilines is 1. The van der Waals surface area contributed by atoms with Gasteiger partial charge in [-0.3, -0.25) is 20.2 Å². The average Bonchev–Trinajstić information content (AvgIpc) is 3.56. The Bertz CT molecular complexity index is 1390. The quantitative estimate of drug-likeness (QED) is 0.262. The number of carbonyl (C=O) groups excluding carboxylic acids is 1. The molecule has 0 bridgehead atoms. The summed E-state index contributed by atoms with van der Waals surface area (Å²) < 4.78 is 0. The van der Waals surface area contributed by atoms with E-state index in [2.05, 4.69) is 55.5 Å². The number of para-hydroxylation sites is 1. The number of pyridine rings is 2. The number of imidazole rings is 1. The summed E-state index contributed by atoms with van der Waals surface area (Å²) in [5, 5.41) is 6.65. The second kappa shape index (κ2) is 10.4. The minimum atomic E-state index is 0.0386. The number of amides is 1. The van der Waals surface area contributed by atoms with Crippen LogP contribution in [0.3, 0.4) is 0 Å². The lowest BCUT2D eigenvalue weighted by molar-refractivity contribution is -0.116. The average molecular weight is 497 g/mol. The van der Waals surface area contributed by atoms with Crippen molar-refractivity contribution >= 4 is 22.6 Å². The van der Waals surface area contributed by atoms with Crippen LogP contribution in [0.25, 0.3) is 22.3 Å². The summed E-state index contributed by atoms with van der Waals surface area (Å²) in [5.41, 5.74) is 12.7. The molecule has 0 saturated carbocycles. The van der Waals surface area contributed by atoms with Gasteiger partial charge in [0, 0.05) is 48.9 Å². The van der Waals surface area contributed by atoms with Gasteiger partial charge in [0.05, 0.1) is 34.7 Å². The normalized spacial score (nSPS) is 23.2. The molecule has 3 aromatic heterocycles. The summed E-state index contributed by atoms with van der Waals surface area (Å²) in [7, 11) is 0. The summed E-state index contributed by atoms with van der Waals surface area (Å²) in [6.45, 7) is 2.91. The number of aromatic nitrogens is 4. The predicted octanol–water partition coefficient (Wildman–Crippen LogP) is 4.02. The van der Waals surface area contributed by atoms with Crippen LogP contribution < -0.4 is 21.5 Å². The molecule has 37 heavy (non-hydrogen) atoms. The second-order valence-corrected chi connectivity index (χ2v) is 9.93. The third-order valence-electron chi connectivity index (χ3n) is 7.43. The lowest BCUT2D eigenvalue weighted by Crippen LogP contribution is -2.46. The highest BCUT2D eigenvalue weighted by atomic mass is 16.1. The first-order valence-electron chi connectivity index (χ1n) is 13.1. The molecule has 5 heterocycles. The molecular formula is C28H32N8O. The third kappa shape index (κ3) is 4.85. The topological polar surface area (TPSA) is 120 Å². The zero-order chi connectivity index (χ0) is 25.2. The van der Waals surface area contributed by atoms with Gasteiger partial charge in [0.25, 0.3) is 0 Å². The number of hydrazine groups is 1. The van der Waals surface area contributed by atoms with Crippen molar-refractivity contribution < 1.29 is 4.79 Å². The van der Waals surface area contributed by atoms with Crippen molar-refractivity contribution in [3.8, 4) is 11.3 Å². The highest BCUT2D eigenvalue weighted by Crippen LogP contribution is 2.39. The largest absolute Gasteiger partial charge is 0.341 e. The Morgan fingerprint density at radius 1 is 1.14 bits per heavy atom. The van der Waals surface area contributed by atoms with Crippen molar-refractivity contribution in [2.45, 2.75) is 50.7 Å². The summed E-state index contributed by atoms with van der Waals surface area (Å²) in [6.07, 6.45) is 8.75. The number of H-pyrrole nitrogens is 1. The molecule has 2 aliphatic rings. The fourth-order valence-corrected chi connectivity index (χ4v) is 5.50. The maximum atomic E-state index is 12.2. The number of piperidine rings is 1. The van der Waals surface area contributed by atoms with Crippen molar-refractivity contribution in [1.82, 2.24) is 36.1 Å². The smallest absolute Gasteiger partial charge is 0.224 e. The van der Waals surface area contributed by atoms with Gasteiger partial charge in [0.1, 0.15) is 5.82 Å². The number of hydrogen-bond donors (Lipinski definition) is 5. The van der Waals surface area contributed by atoms with Crippen molar-refractivity contribution in [1.29, 1.82) is 0 Å². The van der Waals surface area contributed by atoms with E-state index in [0.29, 0.717) is 12.3 Å². The number of benzene rings is 1. The van der Waals surface area contributed by atoms with E-state index >= 15 is 0 Å². The number of nitrogens with one attached hydrogen (secondary N) is 5. The molecule has 9 nitrogen and oxygen atoms in total. The lowest BCUT2D eigenvalue weighted by atomic mass is 9.82. The predicted molar refractivity (Wildman–Crippen MR) is 143 cm³/mol. The van der Waals surface area contributed by atoms with E-state index < -0.39 is 0 Å². The molecule has 0 spiro atoms. The maximum absolute atomic E-state index is 12.2. The number of nitrogens with zero attached hydrogens (tertiary/aromatic N) is 3. The summed E-state index contributed by atoms with van der Waals surface area (Å²) in [6, 6.07) is 14.6. The molecule has 2 fully saturated rings. The highest BCUT2D eigenvalue weighted by Gasteiger charge is 2.42. The van der Waals surface area contributed by atoms with Crippen LogP contribution in [-0.4, -0.2) is 38.4 Å². The van der Waals surface area contributed by atoms with Gasteiger partial charge in [0.15, 0.2) is 0 Å². The minimum absolute atomic E-state index is 0.0386. The molecule has 4 unspecified atom stereocenters. The van der Waals surface area contributed by atoms with Crippen molar-refractivity contribution in [2.24, 2.45) is 5.92 Å².